The van der Waals surface area contributed by atoms with Crippen LogP contribution in [-0.4, -0.2) is 9.55 Å². The van der Waals surface area contributed by atoms with Gasteiger partial charge in [-0.25, -0.2) is 4.98 Å². The molecule has 1 aromatic heterocycles. The van der Waals surface area contributed by atoms with Crippen molar-refractivity contribution in [1.82, 2.24) is 9.55 Å². The predicted octanol–water partition coefficient (Wildman–Crippen LogP) is 3.10. The lowest BCUT2D eigenvalue weighted by atomic mass is 10.1. The molecule has 2 aromatic carbocycles. The molecule has 4 rings (SSSR count). The number of nitrogens with zero attached hydrogens (tertiary/aromatic N) is 2. The molecule has 0 amide bonds. The zero-order chi connectivity index (χ0) is 12.8. The molecule has 3 aromatic rings. The van der Waals surface area contributed by atoms with E-state index in [4.69, 9.17) is 5.73 Å². The van der Waals surface area contributed by atoms with Crippen LogP contribution in [0.2, 0.25) is 0 Å². The minimum absolute atomic E-state index is 0.756. The van der Waals surface area contributed by atoms with Crippen molar-refractivity contribution < 1.29 is 0 Å². The number of aryl methyl sites for hydroxylation is 2. The highest BCUT2D eigenvalue weighted by atomic mass is 15.0. The molecule has 1 heterocycles. The van der Waals surface area contributed by atoms with Crippen molar-refractivity contribution in [2.24, 2.45) is 0 Å². The summed E-state index contributed by atoms with van der Waals surface area (Å²) in [7, 11) is 0. The molecule has 3 nitrogen and oxygen atoms in total. The third kappa shape index (κ3) is 1.62. The summed E-state index contributed by atoms with van der Waals surface area (Å²) < 4.78 is 2.13. The van der Waals surface area contributed by atoms with Crippen LogP contribution in [0.4, 0.5) is 5.69 Å². The highest BCUT2D eigenvalue weighted by Gasteiger charge is 2.12. The molecule has 3 heteroatoms. The zero-order valence-corrected chi connectivity index (χ0v) is 10.6. The maximum Gasteiger partial charge on any atom is 0.100 e. The predicted molar refractivity (Wildman–Crippen MR) is 77.5 cm³/mol. The second-order valence-corrected chi connectivity index (χ2v) is 5.17. The normalized spacial score (nSPS) is 13.9. The van der Waals surface area contributed by atoms with Crippen LogP contribution in [0.3, 0.4) is 0 Å². The lowest BCUT2D eigenvalue weighted by Crippen LogP contribution is -1.94. The molecule has 1 aliphatic carbocycles. The van der Waals surface area contributed by atoms with E-state index in [9.17, 15) is 0 Å². The molecule has 0 atom stereocenters. The summed E-state index contributed by atoms with van der Waals surface area (Å²) >= 11 is 0. The number of hydrogen-bond donors (Lipinski definition) is 1. The first-order valence-corrected chi connectivity index (χ1v) is 6.66. The Morgan fingerprint density at radius 3 is 2.84 bits per heavy atom. The fourth-order valence-corrected chi connectivity index (χ4v) is 2.94. The molecule has 94 valence electrons. The van der Waals surface area contributed by atoms with Crippen LogP contribution in [0.15, 0.2) is 42.7 Å². The standard InChI is InChI=1S/C16H15N3/c17-13-5-7-16-15(9-13)18-10-19(16)14-6-4-11-2-1-3-12(11)8-14/h4-10H,1-3,17H2. The van der Waals surface area contributed by atoms with Gasteiger partial charge in [-0.2, -0.15) is 0 Å². The Kier molecular flexibility index (Phi) is 2.15. The van der Waals surface area contributed by atoms with E-state index in [2.05, 4.69) is 27.8 Å². The number of imidazole rings is 1. The van der Waals surface area contributed by atoms with Gasteiger partial charge < -0.3 is 5.73 Å². The molecule has 0 saturated carbocycles. The molecule has 2 N–H and O–H groups in total. The number of rotatable bonds is 1. The van der Waals surface area contributed by atoms with Crippen molar-refractivity contribution in [2.45, 2.75) is 19.3 Å². The maximum absolute atomic E-state index is 5.80. The average Bonchev–Trinajstić information content (AvgIpc) is 3.02. The van der Waals surface area contributed by atoms with E-state index >= 15 is 0 Å². The van der Waals surface area contributed by atoms with Gasteiger partial charge in [0.25, 0.3) is 0 Å². The third-order valence-corrected chi connectivity index (χ3v) is 3.93. The minimum atomic E-state index is 0.756. The topological polar surface area (TPSA) is 43.8 Å². The van der Waals surface area contributed by atoms with E-state index in [1.165, 1.54) is 36.1 Å². The Morgan fingerprint density at radius 2 is 1.89 bits per heavy atom. The van der Waals surface area contributed by atoms with Crippen molar-refractivity contribution in [1.29, 1.82) is 0 Å². The van der Waals surface area contributed by atoms with Gasteiger partial charge in [-0.15, -0.1) is 0 Å². The molecule has 0 saturated heterocycles. The SMILES string of the molecule is Nc1ccc2c(c1)ncn2-c1ccc2c(c1)CCC2. The smallest absolute Gasteiger partial charge is 0.100 e. The fourth-order valence-electron chi connectivity index (χ4n) is 2.94. The summed E-state index contributed by atoms with van der Waals surface area (Å²) in [6, 6.07) is 12.6. The van der Waals surface area contributed by atoms with Gasteiger partial charge in [-0.05, 0) is 60.7 Å². The van der Waals surface area contributed by atoms with Crippen LogP contribution in [0, 0.1) is 0 Å². The summed E-state index contributed by atoms with van der Waals surface area (Å²) in [4.78, 5) is 4.43. The first-order chi connectivity index (χ1) is 9.31. The quantitative estimate of drug-likeness (QED) is 0.673. The first kappa shape index (κ1) is 10.6. The van der Waals surface area contributed by atoms with Crippen molar-refractivity contribution in [3.05, 3.63) is 53.9 Å². The van der Waals surface area contributed by atoms with Crippen LogP contribution in [0.5, 0.6) is 0 Å². The molecule has 0 radical (unpaired) electrons. The Bertz CT molecular complexity index is 771. The van der Waals surface area contributed by atoms with Gasteiger partial charge >= 0.3 is 0 Å². The molecule has 0 bridgehead atoms. The Labute approximate surface area is 111 Å². The molecule has 19 heavy (non-hydrogen) atoms. The van der Waals surface area contributed by atoms with Crippen molar-refractivity contribution in [3.8, 4) is 5.69 Å². The number of benzene rings is 2. The second-order valence-electron chi connectivity index (χ2n) is 5.17. The van der Waals surface area contributed by atoms with Crippen molar-refractivity contribution in [2.75, 3.05) is 5.73 Å². The maximum atomic E-state index is 5.80. The number of nitrogen functional groups attached to an aromatic ring is 1. The van der Waals surface area contributed by atoms with E-state index in [-0.39, 0.29) is 0 Å². The van der Waals surface area contributed by atoms with Crippen LogP contribution in [-0.2, 0) is 12.8 Å². The van der Waals surface area contributed by atoms with Crippen molar-refractivity contribution in [3.63, 3.8) is 0 Å². The Balaban J connectivity index is 1.90. The minimum Gasteiger partial charge on any atom is -0.399 e. The van der Waals surface area contributed by atoms with E-state index in [1.54, 1.807) is 0 Å². The molecule has 1 aliphatic rings. The summed E-state index contributed by atoms with van der Waals surface area (Å²) in [6.45, 7) is 0. The van der Waals surface area contributed by atoms with Gasteiger partial charge in [0.1, 0.15) is 6.33 Å². The summed E-state index contributed by atoms with van der Waals surface area (Å²) in [5, 5.41) is 0. The van der Waals surface area contributed by atoms with Gasteiger partial charge in [-0.1, -0.05) is 6.07 Å². The molecular weight excluding hydrogens is 234 g/mol. The number of hydrogen-bond acceptors (Lipinski definition) is 2. The summed E-state index contributed by atoms with van der Waals surface area (Å²) in [5.41, 5.74) is 12.8. The van der Waals surface area contributed by atoms with E-state index in [1.807, 2.05) is 24.5 Å². The lowest BCUT2D eigenvalue weighted by Gasteiger charge is -2.07. The highest BCUT2D eigenvalue weighted by Crippen LogP contribution is 2.26. The highest BCUT2D eigenvalue weighted by molar-refractivity contribution is 5.80. The molecule has 0 aliphatic heterocycles. The number of anilines is 1. The molecule has 0 spiro atoms. The van der Waals surface area contributed by atoms with Gasteiger partial charge in [0.2, 0.25) is 0 Å². The summed E-state index contributed by atoms with van der Waals surface area (Å²) in [5.74, 6) is 0. The van der Waals surface area contributed by atoms with Crippen molar-refractivity contribution >= 4 is 16.7 Å². The average molecular weight is 249 g/mol. The van der Waals surface area contributed by atoms with E-state index in [0.717, 1.165) is 16.7 Å². The van der Waals surface area contributed by atoms with Gasteiger partial charge in [0, 0.05) is 11.4 Å². The van der Waals surface area contributed by atoms with E-state index < -0.39 is 0 Å². The molecule has 0 fully saturated rings. The van der Waals surface area contributed by atoms with E-state index in [0.29, 0.717) is 0 Å². The third-order valence-electron chi connectivity index (χ3n) is 3.93. The monoisotopic (exact) mass is 249 g/mol. The Morgan fingerprint density at radius 1 is 1.00 bits per heavy atom. The lowest BCUT2D eigenvalue weighted by molar-refractivity contribution is 0.911. The van der Waals surface area contributed by atoms with Gasteiger partial charge in [-0.3, -0.25) is 4.57 Å². The van der Waals surface area contributed by atoms with Crippen LogP contribution in [0.1, 0.15) is 17.5 Å². The second kappa shape index (κ2) is 3.85. The van der Waals surface area contributed by atoms with Crippen LogP contribution >= 0.6 is 0 Å². The largest absolute Gasteiger partial charge is 0.399 e. The first-order valence-electron chi connectivity index (χ1n) is 6.66. The fraction of sp³-hybridized carbons (Fsp3) is 0.188. The Hall–Kier alpha value is -2.29. The molecular formula is C16H15N3. The summed E-state index contributed by atoms with van der Waals surface area (Å²) in [6.07, 6.45) is 5.57. The number of nitrogens with two attached hydrogens (primary N) is 1. The number of aromatic nitrogens is 2. The number of fused-ring (bicyclic) bond motifs is 2. The van der Waals surface area contributed by atoms with Gasteiger partial charge in [0.15, 0.2) is 0 Å². The van der Waals surface area contributed by atoms with Gasteiger partial charge in [0.05, 0.1) is 11.0 Å². The van der Waals surface area contributed by atoms with Crippen LogP contribution < -0.4 is 5.73 Å². The zero-order valence-electron chi connectivity index (χ0n) is 10.6. The molecule has 0 unspecified atom stereocenters. The van der Waals surface area contributed by atoms with Crippen LogP contribution in [0.25, 0.3) is 16.7 Å².